The van der Waals surface area contributed by atoms with Gasteiger partial charge < -0.3 is 14.8 Å². The van der Waals surface area contributed by atoms with Crippen molar-refractivity contribution in [2.24, 2.45) is 7.05 Å². The molecule has 2 aromatic heterocycles. The Morgan fingerprint density at radius 3 is 2.56 bits per heavy atom. The molecule has 0 bridgehead atoms. The van der Waals surface area contributed by atoms with E-state index in [1.54, 1.807) is 27.6 Å². The summed E-state index contributed by atoms with van der Waals surface area (Å²) in [5.74, 6) is 0.497. The number of amides is 1. The number of anilines is 2. The van der Waals surface area contributed by atoms with Crippen LogP contribution in [0.25, 0.3) is 0 Å². The van der Waals surface area contributed by atoms with E-state index in [4.69, 9.17) is 0 Å². The van der Waals surface area contributed by atoms with Gasteiger partial charge in [-0.1, -0.05) is 12.1 Å². The average Bonchev–Trinajstić information content (AvgIpc) is 3.14. The second-order valence-electron chi connectivity index (χ2n) is 6.04. The van der Waals surface area contributed by atoms with Crippen LogP contribution in [0, 0.1) is 0 Å². The predicted octanol–water partition coefficient (Wildman–Crippen LogP) is 3.35. The van der Waals surface area contributed by atoms with Crippen molar-refractivity contribution in [3.05, 3.63) is 64.5 Å². The Balaban J connectivity index is 1.74. The highest BCUT2D eigenvalue weighted by Crippen LogP contribution is 2.17. The largest absolute Gasteiger partial charge is 0.378 e. The lowest BCUT2D eigenvalue weighted by Gasteiger charge is -2.13. The first kappa shape index (κ1) is 17.3. The third-order valence-electron chi connectivity index (χ3n) is 3.95. The highest BCUT2D eigenvalue weighted by Gasteiger charge is 2.13. The topological polar surface area (TPSA) is 55.1 Å². The summed E-state index contributed by atoms with van der Waals surface area (Å²) in [7, 11) is 5.86. The van der Waals surface area contributed by atoms with Crippen LogP contribution in [0.4, 0.5) is 11.5 Å². The maximum atomic E-state index is 12.5. The van der Waals surface area contributed by atoms with E-state index < -0.39 is 0 Å². The van der Waals surface area contributed by atoms with E-state index in [2.05, 4.69) is 55.5 Å². The van der Waals surface area contributed by atoms with Crippen LogP contribution < -0.4 is 10.2 Å². The lowest BCUT2D eigenvalue weighted by molar-refractivity contribution is 0.101. The smallest absolute Gasteiger partial charge is 0.273 e. The summed E-state index contributed by atoms with van der Waals surface area (Å²) in [5.41, 5.74) is 2.84. The SMILES string of the molecule is CN(C)c1ccc(Cn2nccc2NC(=O)c2cc(Br)cn2C)cc1. The first-order chi connectivity index (χ1) is 11.9. The first-order valence-electron chi connectivity index (χ1n) is 7.85. The lowest BCUT2D eigenvalue weighted by atomic mass is 10.2. The molecule has 0 unspecified atom stereocenters. The molecule has 0 aliphatic carbocycles. The quantitative estimate of drug-likeness (QED) is 0.712. The Morgan fingerprint density at radius 1 is 1.24 bits per heavy atom. The minimum absolute atomic E-state index is 0.169. The summed E-state index contributed by atoms with van der Waals surface area (Å²) >= 11 is 3.38. The molecule has 3 aromatic rings. The summed E-state index contributed by atoms with van der Waals surface area (Å²) < 4.78 is 4.43. The van der Waals surface area contributed by atoms with Gasteiger partial charge >= 0.3 is 0 Å². The second kappa shape index (κ2) is 7.14. The third kappa shape index (κ3) is 3.93. The number of benzene rings is 1. The molecule has 130 valence electrons. The molecule has 0 saturated carbocycles. The van der Waals surface area contributed by atoms with E-state index in [1.165, 1.54) is 0 Å². The second-order valence-corrected chi connectivity index (χ2v) is 6.96. The number of hydrogen-bond donors (Lipinski definition) is 1. The van der Waals surface area contributed by atoms with E-state index in [9.17, 15) is 4.79 Å². The molecule has 0 aliphatic rings. The Bertz CT molecular complexity index is 879. The number of rotatable bonds is 5. The van der Waals surface area contributed by atoms with Crippen LogP contribution in [0.15, 0.2) is 53.3 Å². The molecule has 1 N–H and O–H groups in total. The van der Waals surface area contributed by atoms with Crippen molar-refractivity contribution in [1.29, 1.82) is 0 Å². The first-order valence-corrected chi connectivity index (χ1v) is 8.64. The summed E-state index contributed by atoms with van der Waals surface area (Å²) in [6.45, 7) is 0.590. The Kier molecular flexibility index (Phi) is 4.94. The van der Waals surface area contributed by atoms with Gasteiger partial charge in [-0.3, -0.25) is 4.79 Å². The Labute approximate surface area is 155 Å². The fraction of sp³-hybridized carbons (Fsp3) is 0.222. The molecule has 25 heavy (non-hydrogen) atoms. The zero-order chi connectivity index (χ0) is 18.0. The van der Waals surface area contributed by atoms with Crippen molar-refractivity contribution in [1.82, 2.24) is 14.3 Å². The number of halogens is 1. The molecule has 2 heterocycles. The van der Waals surface area contributed by atoms with E-state index in [0.29, 0.717) is 18.1 Å². The Morgan fingerprint density at radius 2 is 1.96 bits per heavy atom. The van der Waals surface area contributed by atoms with Gasteiger partial charge in [-0.2, -0.15) is 5.10 Å². The monoisotopic (exact) mass is 401 g/mol. The Hall–Kier alpha value is -2.54. The van der Waals surface area contributed by atoms with Gasteiger partial charge in [0.25, 0.3) is 5.91 Å². The molecule has 0 fully saturated rings. The molecule has 1 amide bonds. The third-order valence-corrected chi connectivity index (χ3v) is 4.38. The number of nitrogens with zero attached hydrogens (tertiary/aromatic N) is 4. The van der Waals surface area contributed by atoms with Gasteiger partial charge in [0, 0.05) is 43.6 Å². The lowest BCUT2D eigenvalue weighted by Crippen LogP contribution is -2.18. The van der Waals surface area contributed by atoms with Gasteiger partial charge in [0.05, 0.1) is 12.7 Å². The summed E-state index contributed by atoms with van der Waals surface area (Å²) in [6, 6.07) is 11.9. The zero-order valence-corrected chi connectivity index (χ0v) is 16.0. The highest BCUT2D eigenvalue weighted by molar-refractivity contribution is 9.10. The van der Waals surface area contributed by atoms with Crippen LogP contribution >= 0.6 is 15.9 Å². The molecule has 0 atom stereocenters. The van der Waals surface area contributed by atoms with Gasteiger partial charge in [0.1, 0.15) is 11.5 Å². The van der Waals surface area contributed by atoms with Crippen LogP contribution in [0.5, 0.6) is 0 Å². The molecule has 0 radical (unpaired) electrons. The molecule has 7 heteroatoms. The van der Waals surface area contributed by atoms with E-state index in [1.807, 2.05) is 27.3 Å². The van der Waals surface area contributed by atoms with Crippen molar-refractivity contribution >= 4 is 33.3 Å². The number of carbonyl (C=O) groups is 1. The van der Waals surface area contributed by atoms with Gasteiger partial charge in [-0.05, 0) is 39.7 Å². The zero-order valence-electron chi connectivity index (χ0n) is 14.4. The number of hydrogen-bond acceptors (Lipinski definition) is 3. The maximum absolute atomic E-state index is 12.5. The normalized spacial score (nSPS) is 10.7. The van der Waals surface area contributed by atoms with E-state index in [0.717, 1.165) is 15.7 Å². The van der Waals surface area contributed by atoms with Crippen LogP contribution in [0.3, 0.4) is 0 Å². The standard InChI is InChI=1S/C18H20BrN5O/c1-22(2)15-6-4-13(5-7-15)11-24-17(8-9-20-24)21-18(25)16-10-14(19)12-23(16)3/h4-10,12H,11H2,1-3H3,(H,21,25). The van der Waals surface area contributed by atoms with Crippen molar-refractivity contribution in [2.45, 2.75) is 6.54 Å². The summed E-state index contributed by atoms with van der Waals surface area (Å²) in [5, 5.41) is 7.24. The molecule has 0 aliphatic heterocycles. The van der Waals surface area contributed by atoms with Crippen LogP contribution in [-0.2, 0) is 13.6 Å². The van der Waals surface area contributed by atoms with Gasteiger partial charge in [-0.25, -0.2) is 4.68 Å². The molecule has 0 saturated heterocycles. The molecule has 0 spiro atoms. The summed E-state index contributed by atoms with van der Waals surface area (Å²) in [4.78, 5) is 14.5. The summed E-state index contributed by atoms with van der Waals surface area (Å²) in [6.07, 6.45) is 3.53. The highest BCUT2D eigenvalue weighted by atomic mass is 79.9. The molecular weight excluding hydrogens is 382 g/mol. The van der Waals surface area contributed by atoms with Crippen LogP contribution in [0.1, 0.15) is 16.1 Å². The van der Waals surface area contributed by atoms with E-state index >= 15 is 0 Å². The van der Waals surface area contributed by atoms with Gasteiger partial charge in [-0.15, -0.1) is 0 Å². The van der Waals surface area contributed by atoms with Crippen molar-refractivity contribution < 1.29 is 4.79 Å². The van der Waals surface area contributed by atoms with Gasteiger partial charge in [0.2, 0.25) is 0 Å². The fourth-order valence-corrected chi connectivity index (χ4v) is 3.09. The minimum Gasteiger partial charge on any atom is -0.378 e. The van der Waals surface area contributed by atoms with Gasteiger partial charge in [0.15, 0.2) is 0 Å². The molecule has 3 rings (SSSR count). The van der Waals surface area contributed by atoms with Crippen molar-refractivity contribution in [3.63, 3.8) is 0 Å². The molecule has 1 aromatic carbocycles. The van der Waals surface area contributed by atoms with Crippen molar-refractivity contribution in [2.75, 3.05) is 24.3 Å². The molecular formula is C18H20BrN5O. The predicted molar refractivity (Wildman–Crippen MR) is 103 cm³/mol. The van der Waals surface area contributed by atoms with Crippen LogP contribution in [-0.4, -0.2) is 34.4 Å². The minimum atomic E-state index is -0.169. The van der Waals surface area contributed by atoms with Crippen molar-refractivity contribution in [3.8, 4) is 0 Å². The number of aryl methyl sites for hydroxylation is 1. The number of nitrogens with one attached hydrogen (secondary N) is 1. The average molecular weight is 402 g/mol. The molecule has 6 nitrogen and oxygen atoms in total. The fourth-order valence-electron chi connectivity index (χ4n) is 2.57. The van der Waals surface area contributed by atoms with E-state index in [-0.39, 0.29) is 5.91 Å². The number of carbonyl (C=O) groups excluding carboxylic acids is 1. The maximum Gasteiger partial charge on any atom is 0.273 e. The number of aromatic nitrogens is 3. The van der Waals surface area contributed by atoms with Crippen LogP contribution in [0.2, 0.25) is 0 Å².